The summed E-state index contributed by atoms with van der Waals surface area (Å²) in [5.74, 6) is 1.51. The first-order valence-corrected chi connectivity index (χ1v) is 10.9. The van der Waals surface area contributed by atoms with E-state index in [1.807, 2.05) is 0 Å². The van der Waals surface area contributed by atoms with Crippen molar-refractivity contribution in [3.8, 4) is 0 Å². The van der Waals surface area contributed by atoms with Crippen LogP contribution in [0.5, 0.6) is 0 Å². The van der Waals surface area contributed by atoms with E-state index in [0.29, 0.717) is 25.0 Å². The third-order valence-corrected chi connectivity index (χ3v) is 6.44. The van der Waals surface area contributed by atoms with Crippen LogP contribution in [-0.2, 0) is 10.0 Å². The molecular weight excluding hydrogens is 328 g/mol. The number of sulfonamides is 1. The molecule has 0 aromatic rings. The van der Waals surface area contributed by atoms with Gasteiger partial charge >= 0.3 is 0 Å². The van der Waals surface area contributed by atoms with Gasteiger partial charge in [-0.1, -0.05) is 6.92 Å². The molecule has 0 unspecified atom stereocenters. The van der Waals surface area contributed by atoms with Crippen LogP contribution in [0.4, 0.5) is 0 Å². The SMILES string of the molecule is CC[C@H](CCCO)N=C1CC[C@H](C2CCN(S(C)(=O)=O)CC2)NN1. The number of nitrogens with zero attached hydrogens (tertiary/aromatic N) is 2. The third-order valence-electron chi connectivity index (χ3n) is 5.14. The quantitative estimate of drug-likeness (QED) is 0.626. The average molecular weight is 361 g/mol. The van der Waals surface area contributed by atoms with Gasteiger partial charge in [-0.25, -0.2) is 18.1 Å². The Balaban J connectivity index is 1.79. The molecule has 2 atom stereocenters. The summed E-state index contributed by atoms with van der Waals surface area (Å²) in [6.07, 6.45) is 7.77. The number of aliphatic hydroxyl groups excluding tert-OH is 1. The van der Waals surface area contributed by atoms with Crippen molar-refractivity contribution in [3.63, 3.8) is 0 Å². The molecule has 2 saturated heterocycles. The molecule has 0 spiro atoms. The molecule has 7 nitrogen and oxygen atoms in total. The third kappa shape index (κ3) is 5.68. The van der Waals surface area contributed by atoms with E-state index < -0.39 is 10.0 Å². The average Bonchev–Trinajstić information content (AvgIpc) is 2.58. The Labute approximate surface area is 145 Å². The zero-order valence-electron chi connectivity index (χ0n) is 14.9. The van der Waals surface area contributed by atoms with Crippen LogP contribution in [-0.4, -0.2) is 61.7 Å². The number of amidine groups is 1. The maximum Gasteiger partial charge on any atom is 0.211 e. The normalized spacial score (nSPS) is 27.1. The lowest BCUT2D eigenvalue weighted by molar-refractivity contribution is 0.206. The minimum Gasteiger partial charge on any atom is -0.396 e. The summed E-state index contributed by atoms with van der Waals surface area (Å²) in [7, 11) is -3.05. The van der Waals surface area contributed by atoms with Gasteiger partial charge < -0.3 is 10.5 Å². The van der Waals surface area contributed by atoms with Crippen molar-refractivity contribution in [2.24, 2.45) is 10.9 Å². The molecule has 8 heteroatoms. The summed E-state index contributed by atoms with van der Waals surface area (Å²) < 4.78 is 24.8. The molecule has 24 heavy (non-hydrogen) atoms. The molecule has 0 aliphatic carbocycles. The zero-order chi connectivity index (χ0) is 17.6. The second-order valence-electron chi connectivity index (χ2n) is 6.92. The molecule has 2 rings (SSSR count). The number of aliphatic imine (C=N–C) groups is 1. The largest absolute Gasteiger partial charge is 0.396 e. The lowest BCUT2D eigenvalue weighted by Crippen LogP contribution is -2.54. The van der Waals surface area contributed by atoms with Crippen LogP contribution in [0.15, 0.2) is 4.99 Å². The van der Waals surface area contributed by atoms with E-state index in [0.717, 1.165) is 50.8 Å². The van der Waals surface area contributed by atoms with Gasteiger partial charge in [0.25, 0.3) is 0 Å². The Bertz CT molecular complexity index is 505. The highest BCUT2D eigenvalue weighted by molar-refractivity contribution is 7.88. The number of aliphatic hydroxyl groups is 1. The molecule has 0 amide bonds. The monoisotopic (exact) mass is 360 g/mol. The van der Waals surface area contributed by atoms with E-state index in [9.17, 15) is 8.42 Å². The van der Waals surface area contributed by atoms with Gasteiger partial charge in [0.1, 0.15) is 5.84 Å². The van der Waals surface area contributed by atoms with Gasteiger partial charge in [0.2, 0.25) is 10.0 Å². The fraction of sp³-hybridized carbons (Fsp3) is 0.938. The van der Waals surface area contributed by atoms with E-state index in [-0.39, 0.29) is 12.6 Å². The molecule has 3 N–H and O–H groups in total. The van der Waals surface area contributed by atoms with Crippen LogP contribution < -0.4 is 10.9 Å². The van der Waals surface area contributed by atoms with Gasteiger partial charge in [-0.15, -0.1) is 0 Å². The molecule has 2 aliphatic rings. The molecule has 2 aliphatic heterocycles. The predicted octanol–water partition coefficient (Wildman–Crippen LogP) is 0.864. The maximum absolute atomic E-state index is 11.6. The number of hydrogen-bond donors (Lipinski definition) is 3. The summed E-state index contributed by atoms with van der Waals surface area (Å²) in [6, 6.07) is 0.652. The lowest BCUT2D eigenvalue weighted by atomic mass is 9.87. The lowest BCUT2D eigenvalue weighted by Gasteiger charge is -2.37. The number of rotatable bonds is 7. The predicted molar refractivity (Wildman–Crippen MR) is 96.3 cm³/mol. The summed E-state index contributed by atoms with van der Waals surface area (Å²) in [6.45, 7) is 3.60. The Kier molecular flexibility index (Phi) is 7.46. The zero-order valence-corrected chi connectivity index (χ0v) is 15.7. The van der Waals surface area contributed by atoms with Crippen molar-refractivity contribution in [1.82, 2.24) is 15.2 Å². The molecule has 0 radical (unpaired) electrons. The number of nitrogens with one attached hydrogen (secondary N) is 2. The van der Waals surface area contributed by atoms with E-state index in [4.69, 9.17) is 10.1 Å². The van der Waals surface area contributed by atoms with E-state index in [1.165, 1.54) is 6.26 Å². The van der Waals surface area contributed by atoms with Crippen LogP contribution in [0, 0.1) is 5.92 Å². The van der Waals surface area contributed by atoms with Crippen molar-refractivity contribution < 1.29 is 13.5 Å². The van der Waals surface area contributed by atoms with E-state index in [1.54, 1.807) is 4.31 Å². The van der Waals surface area contributed by atoms with Crippen molar-refractivity contribution in [2.75, 3.05) is 26.0 Å². The highest BCUT2D eigenvalue weighted by atomic mass is 32.2. The van der Waals surface area contributed by atoms with Gasteiger partial charge in [-0.05, 0) is 44.4 Å². The summed E-state index contributed by atoms with van der Waals surface area (Å²) in [5, 5.41) is 8.95. The van der Waals surface area contributed by atoms with Gasteiger partial charge in [0.15, 0.2) is 0 Å². The van der Waals surface area contributed by atoms with Crippen molar-refractivity contribution in [1.29, 1.82) is 0 Å². The molecule has 0 aromatic carbocycles. The molecule has 0 aromatic heterocycles. The minimum absolute atomic E-state index is 0.223. The molecule has 0 bridgehead atoms. The Hall–Kier alpha value is -0.700. The van der Waals surface area contributed by atoms with Crippen LogP contribution in [0.25, 0.3) is 0 Å². The van der Waals surface area contributed by atoms with Crippen LogP contribution in [0.2, 0.25) is 0 Å². The summed E-state index contributed by atoms with van der Waals surface area (Å²) in [4.78, 5) is 4.76. The first-order chi connectivity index (χ1) is 11.4. The van der Waals surface area contributed by atoms with Gasteiger partial charge in [0, 0.05) is 32.2 Å². The highest BCUT2D eigenvalue weighted by Gasteiger charge is 2.31. The van der Waals surface area contributed by atoms with E-state index in [2.05, 4.69) is 17.8 Å². The molecule has 2 heterocycles. The number of piperidine rings is 1. The molecule has 0 saturated carbocycles. The van der Waals surface area contributed by atoms with Crippen molar-refractivity contribution in [2.45, 2.75) is 64.0 Å². The summed E-state index contributed by atoms with van der Waals surface area (Å²) >= 11 is 0. The minimum atomic E-state index is -3.05. The fourth-order valence-electron chi connectivity index (χ4n) is 3.57. The van der Waals surface area contributed by atoms with E-state index >= 15 is 0 Å². The Morgan fingerprint density at radius 3 is 2.54 bits per heavy atom. The second-order valence-corrected chi connectivity index (χ2v) is 8.90. The fourth-order valence-corrected chi connectivity index (χ4v) is 4.44. The van der Waals surface area contributed by atoms with Gasteiger partial charge in [-0.2, -0.15) is 0 Å². The second kappa shape index (κ2) is 9.12. The van der Waals surface area contributed by atoms with Gasteiger partial charge in [0.05, 0.1) is 12.3 Å². The van der Waals surface area contributed by atoms with Crippen molar-refractivity contribution >= 4 is 15.9 Å². The summed E-state index contributed by atoms with van der Waals surface area (Å²) in [5.41, 5.74) is 6.63. The molecule has 2 fully saturated rings. The Morgan fingerprint density at radius 1 is 1.33 bits per heavy atom. The van der Waals surface area contributed by atoms with Crippen LogP contribution >= 0.6 is 0 Å². The number of hydrogen-bond acceptors (Lipinski definition) is 5. The van der Waals surface area contributed by atoms with Crippen LogP contribution in [0.1, 0.15) is 51.9 Å². The molecular formula is C16H32N4O3S. The topological polar surface area (TPSA) is 94.0 Å². The maximum atomic E-state index is 11.6. The first-order valence-electron chi connectivity index (χ1n) is 9.08. The molecule has 140 valence electrons. The van der Waals surface area contributed by atoms with Gasteiger partial charge in [-0.3, -0.25) is 4.99 Å². The van der Waals surface area contributed by atoms with Crippen LogP contribution in [0.3, 0.4) is 0 Å². The smallest absolute Gasteiger partial charge is 0.211 e. The van der Waals surface area contributed by atoms with Crippen molar-refractivity contribution in [3.05, 3.63) is 0 Å². The number of hydrazine groups is 1. The Morgan fingerprint density at radius 2 is 2.04 bits per heavy atom. The standard InChI is InChI=1S/C16H32N4O3S/c1-3-14(5-4-12-21)17-16-7-6-15(18-19-16)13-8-10-20(11-9-13)24(2,22)23/h13-15,18,21H,3-12H2,1-2H3,(H,17,19)/t14-,15-/m1/s1. The first kappa shape index (κ1) is 19.6. The highest BCUT2D eigenvalue weighted by Crippen LogP contribution is 2.25.